The Hall–Kier alpha value is -3.11. The topological polar surface area (TPSA) is 32.8 Å². The number of amides is 1. The highest BCUT2D eigenvalue weighted by molar-refractivity contribution is 6.04. The Labute approximate surface area is 183 Å². The van der Waals surface area contributed by atoms with Gasteiger partial charge in [0.25, 0.3) is 0 Å². The van der Waals surface area contributed by atoms with Gasteiger partial charge in [-0.05, 0) is 50.7 Å². The van der Waals surface area contributed by atoms with Crippen molar-refractivity contribution in [1.29, 1.82) is 0 Å². The lowest BCUT2D eigenvalue weighted by molar-refractivity contribution is -0.119. The maximum Gasteiger partial charge on any atom is 0.239 e. The normalized spacial score (nSPS) is 22.2. The molecular formula is C27H26N2O2. The second-order valence-electron chi connectivity index (χ2n) is 9.11. The SMILES string of the molecule is Cc1ccc2c(c1)C1CN(C)CCC1N2C(=O)C1c2ccccc2Oc2ccccc21. The van der Waals surface area contributed by atoms with Gasteiger partial charge in [0.2, 0.25) is 5.91 Å². The molecule has 2 atom stereocenters. The van der Waals surface area contributed by atoms with Crippen LogP contribution >= 0.6 is 0 Å². The number of nitrogens with zero attached hydrogens (tertiary/aromatic N) is 2. The third-order valence-corrected chi connectivity index (χ3v) is 7.12. The minimum Gasteiger partial charge on any atom is -0.457 e. The van der Waals surface area contributed by atoms with Crippen molar-refractivity contribution in [3.63, 3.8) is 0 Å². The van der Waals surface area contributed by atoms with Gasteiger partial charge in [-0.25, -0.2) is 0 Å². The van der Waals surface area contributed by atoms with Crippen LogP contribution in [0.1, 0.15) is 40.5 Å². The molecule has 0 bridgehead atoms. The zero-order valence-electron chi connectivity index (χ0n) is 17.9. The fourth-order valence-corrected chi connectivity index (χ4v) is 5.68. The lowest BCUT2D eigenvalue weighted by Gasteiger charge is -2.38. The first-order valence-corrected chi connectivity index (χ1v) is 11.1. The number of para-hydroxylation sites is 2. The average Bonchev–Trinajstić information content (AvgIpc) is 3.09. The van der Waals surface area contributed by atoms with Crippen LogP contribution in [0.2, 0.25) is 0 Å². The predicted molar refractivity (Wildman–Crippen MR) is 122 cm³/mol. The van der Waals surface area contributed by atoms with Crippen molar-refractivity contribution >= 4 is 11.6 Å². The summed E-state index contributed by atoms with van der Waals surface area (Å²) in [7, 11) is 2.18. The number of carbonyl (C=O) groups excluding carboxylic acids is 1. The summed E-state index contributed by atoms with van der Waals surface area (Å²) in [5.74, 6) is 1.73. The summed E-state index contributed by atoms with van der Waals surface area (Å²) in [5.41, 5.74) is 5.56. The van der Waals surface area contributed by atoms with E-state index in [-0.39, 0.29) is 17.9 Å². The maximum atomic E-state index is 14.4. The number of carbonyl (C=O) groups is 1. The Morgan fingerprint density at radius 1 is 0.935 bits per heavy atom. The molecule has 1 amide bonds. The van der Waals surface area contributed by atoms with E-state index in [1.54, 1.807) is 0 Å². The predicted octanol–water partition coefficient (Wildman–Crippen LogP) is 5.07. The van der Waals surface area contributed by atoms with Crippen molar-refractivity contribution in [2.75, 3.05) is 25.0 Å². The summed E-state index contributed by atoms with van der Waals surface area (Å²) in [6.45, 7) is 4.14. The van der Waals surface area contributed by atoms with Crippen LogP contribution in [0.15, 0.2) is 66.7 Å². The first-order chi connectivity index (χ1) is 15.1. The van der Waals surface area contributed by atoms with E-state index in [0.29, 0.717) is 5.92 Å². The van der Waals surface area contributed by atoms with Gasteiger partial charge in [-0.3, -0.25) is 4.79 Å². The highest BCUT2D eigenvalue weighted by atomic mass is 16.5. The molecule has 6 rings (SSSR count). The zero-order valence-corrected chi connectivity index (χ0v) is 17.9. The van der Waals surface area contributed by atoms with Gasteiger partial charge >= 0.3 is 0 Å². The van der Waals surface area contributed by atoms with Gasteiger partial charge in [0, 0.05) is 35.3 Å². The summed E-state index contributed by atoms with van der Waals surface area (Å²) in [6.07, 6.45) is 0.993. The molecule has 2 unspecified atom stereocenters. The number of anilines is 1. The molecule has 3 aromatic rings. The molecular weight excluding hydrogens is 384 g/mol. The number of piperidine rings is 1. The largest absolute Gasteiger partial charge is 0.457 e. The first kappa shape index (κ1) is 18.6. The lowest BCUT2D eigenvalue weighted by atomic mass is 9.85. The van der Waals surface area contributed by atoms with Crippen LogP contribution in [0.3, 0.4) is 0 Å². The first-order valence-electron chi connectivity index (χ1n) is 11.1. The summed E-state index contributed by atoms with van der Waals surface area (Å²) in [5, 5.41) is 0. The van der Waals surface area contributed by atoms with Crippen molar-refractivity contribution in [1.82, 2.24) is 4.90 Å². The number of rotatable bonds is 1. The van der Waals surface area contributed by atoms with E-state index < -0.39 is 0 Å². The van der Waals surface area contributed by atoms with Gasteiger partial charge in [-0.2, -0.15) is 0 Å². The van der Waals surface area contributed by atoms with E-state index in [1.165, 1.54) is 11.1 Å². The monoisotopic (exact) mass is 410 g/mol. The van der Waals surface area contributed by atoms with Gasteiger partial charge in [-0.15, -0.1) is 0 Å². The fraction of sp³-hybridized carbons (Fsp3) is 0.296. The number of hydrogen-bond donors (Lipinski definition) is 0. The van der Waals surface area contributed by atoms with Crippen LogP contribution in [-0.4, -0.2) is 37.0 Å². The van der Waals surface area contributed by atoms with Gasteiger partial charge < -0.3 is 14.5 Å². The minimum atomic E-state index is -0.353. The molecule has 0 aromatic heterocycles. The Kier molecular flexibility index (Phi) is 4.19. The van der Waals surface area contributed by atoms with Crippen LogP contribution in [0.25, 0.3) is 0 Å². The Bertz CT molecular complexity index is 1140. The summed E-state index contributed by atoms with van der Waals surface area (Å²) >= 11 is 0. The molecule has 4 nitrogen and oxygen atoms in total. The summed E-state index contributed by atoms with van der Waals surface area (Å²) < 4.78 is 6.15. The molecule has 0 radical (unpaired) electrons. The molecule has 0 aliphatic carbocycles. The van der Waals surface area contributed by atoms with Gasteiger partial charge in [0.1, 0.15) is 11.5 Å². The Balaban J connectivity index is 1.50. The number of likely N-dealkylation sites (N-methyl/N-ethyl adjacent to an activating group) is 1. The van der Waals surface area contributed by atoms with E-state index in [1.807, 2.05) is 48.5 Å². The molecule has 0 N–H and O–H groups in total. The standard InChI is InChI=1S/C27H26N2O2/c1-17-11-12-22-20(15-17)21-16-28(2)14-13-23(21)29(22)27(30)26-18-7-3-5-9-24(18)31-25-10-6-4-8-19(25)26/h3-12,15,21,23,26H,13-14,16H2,1-2H3. The molecule has 0 spiro atoms. The molecule has 4 heteroatoms. The van der Waals surface area contributed by atoms with Crippen LogP contribution in [0, 0.1) is 6.92 Å². The molecule has 3 aromatic carbocycles. The fourth-order valence-electron chi connectivity index (χ4n) is 5.68. The van der Waals surface area contributed by atoms with Gasteiger partial charge in [0.15, 0.2) is 0 Å². The zero-order chi connectivity index (χ0) is 21.1. The Morgan fingerprint density at radius 2 is 1.61 bits per heavy atom. The molecule has 156 valence electrons. The molecule has 31 heavy (non-hydrogen) atoms. The van der Waals surface area contributed by atoms with Crippen molar-refractivity contribution in [3.05, 3.63) is 89.0 Å². The number of fused-ring (bicyclic) bond motifs is 5. The smallest absolute Gasteiger partial charge is 0.239 e. The van der Waals surface area contributed by atoms with E-state index in [9.17, 15) is 4.79 Å². The molecule has 1 saturated heterocycles. The molecule has 3 aliphatic rings. The molecule has 3 heterocycles. The van der Waals surface area contributed by atoms with Crippen LogP contribution in [-0.2, 0) is 4.79 Å². The maximum absolute atomic E-state index is 14.4. The summed E-state index contributed by atoms with van der Waals surface area (Å²) in [6, 6.07) is 22.7. The molecule has 3 aliphatic heterocycles. The average molecular weight is 411 g/mol. The molecule has 1 fully saturated rings. The van der Waals surface area contributed by atoms with E-state index >= 15 is 0 Å². The van der Waals surface area contributed by atoms with Crippen molar-refractivity contribution in [2.24, 2.45) is 0 Å². The van der Waals surface area contributed by atoms with E-state index in [4.69, 9.17) is 4.74 Å². The van der Waals surface area contributed by atoms with Gasteiger partial charge in [0.05, 0.1) is 5.92 Å². The van der Waals surface area contributed by atoms with Crippen LogP contribution in [0.5, 0.6) is 11.5 Å². The van der Waals surface area contributed by atoms with Crippen LogP contribution in [0.4, 0.5) is 5.69 Å². The van der Waals surface area contributed by atoms with Gasteiger partial charge in [-0.1, -0.05) is 54.1 Å². The molecule has 0 saturated carbocycles. The van der Waals surface area contributed by atoms with E-state index in [2.05, 4.69) is 42.0 Å². The third kappa shape index (κ3) is 2.82. The lowest BCUT2D eigenvalue weighted by Crippen LogP contribution is -2.48. The Morgan fingerprint density at radius 3 is 2.32 bits per heavy atom. The van der Waals surface area contributed by atoms with Crippen molar-refractivity contribution in [2.45, 2.75) is 31.2 Å². The minimum absolute atomic E-state index is 0.158. The second kappa shape index (κ2) is 6.96. The number of hydrogen-bond acceptors (Lipinski definition) is 3. The summed E-state index contributed by atoms with van der Waals surface area (Å²) in [4.78, 5) is 18.9. The van der Waals surface area contributed by atoms with Crippen molar-refractivity contribution < 1.29 is 9.53 Å². The highest BCUT2D eigenvalue weighted by Crippen LogP contribution is 2.50. The second-order valence-corrected chi connectivity index (χ2v) is 9.11. The van der Waals surface area contributed by atoms with Crippen molar-refractivity contribution in [3.8, 4) is 11.5 Å². The number of ether oxygens (including phenoxy) is 1. The number of benzene rings is 3. The number of aryl methyl sites for hydroxylation is 1. The number of likely N-dealkylation sites (tertiary alicyclic amines) is 1. The van der Waals surface area contributed by atoms with E-state index in [0.717, 1.165) is 47.8 Å². The third-order valence-electron chi connectivity index (χ3n) is 7.12. The van der Waals surface area contributed by atoms with Crippen LogP contribution < -0.4 is 9.64 Å². The quantitative estimate of drug-likeness (QED) is 0.562. The highest BCUT2D eigenvalue weighted by Gasteiger charge is 2.47.